The summed E-state index contributed by atoms with van der Waals surface area (Å²) in [6.07, 6.45) is 2.00. The van der Waals surface area contributed by atoms with Crippen molar-refractivity contribution in [3.8, 4) is 5.69 Å². The summed E-state index contributed by atoms with van der Waals surface area (Å²) >= 11 is 0. The number of aromatic nitrogens is 2. The van der Waals surface area contributed by atoms with Gasteiger partial charge in [-0.15, -0.1) is 0 Å². The second-order valence-corrected chi connectivity index (χ2v) is 5.50. The molecule has 0 unspecified atom stereocenters. The summed E-state index contributed by atoms with van der Waals surface area (Å²) in [5, 5.41) is 4.63. The first kappa shape index (κ1) is 12.8. The summed E-state index contributed by atoms with van der Waals surface area (Å²) in [6.45, 7) is 9.05. The molecule has 0 aliphatic heterocycles. The van der Waals surface area contributed by atoms with E-state index in [1.807, 2.05) is 16.9 Å². The topological polar surface area (TPSA) is 43.8 Å². The van der Waals surface area contributed by atoms with Crippen LogP contribution in [0.2, 0.25) is 0 Å². The first-order chi connectivity index (χ1) is 8.44. The van der Waals surface area contributed by atoms with E-state index < -0.39 is 0 Å². The van der Waals surface area contributed by atoms with E-state index in [0.29, 0.717) is 6.54 Å². The maximum atomic E-state index is 5.78. The van der Waals surface area contributed by atoms with Crippen LogP contribution in [0.3, 0.4) is 0 Å². The third-order valence-electron chi connectivity index (χ3n) is 3.55. The first-order valence-corrected chi connectivity index (χ1v) is 6.28. The highest BCUT2D eigenvalue weighted by atomic mass is 15.3. The standard InChI is InChI=1S/C15H21N3/c1-11-5-6-13(9-12(11)2)18-8-7-14(17-18)15(3,4)10-16/h5-9H,10,16H2,1-4H3. The predicted octanol–water partition coefficient (Wildman–Crippen LogP) is 2.73. The zero-order valence-corrected chi connectivity index (χ0v) is 11.6. The molecular weight excluding hydrogens is 222 g/mol. The third-order valence-corrected chi connectivity index (χ3v) is 3.55. The third kappa shape index (κ3) is 2.31. The lowest BCUT2D eigenvalue weighted by atomic mass is 9.90. The summed E-state index contributed by atoms with van der Waals surface area (Å²) in [7, 11) is 0. The Morgan fingerprint density at radius 1 is 1.17 bits per heavy atom. The van der Waals surface area contributed by atoms with Crippen LogP contribution >= 0.6 is 0 Å². The molecule has 1 heterocycles. The van der Waals surface area contributed by atoms with Crippen LogP contribution in [0.1, 0.15) is 30.7 Å². The Hall–Kier alpha value is -1.61. The van der Waals surface area contributed by atoms with Crippen molar-refractivity contribution in [1.82, 2.24) is 9.78 Å². The van der Waals surface area contributed by atoms with Crippen molar-refractivity contribution in [2.45, 2.75) is 33.1 Å². The van der Waals surface area contributed by atoms with Crippen LogP contribution in [0, 0.1) is 13.8 Å². The molecule has 2 N–H and O–H groups in total. The number of benzene rings is 1. The first-order valence-electron chi connectivity index (χ1n) is 6.28. The molecule has 0 spiro atoms. The van der Waals surface area contributed by atoms with Gasteiger partial charge in [-0.05, 0) is 43.2 Å². The van der Waals surface area contributed by atoms with Crippen molar-refractivity contribution in [2.24, 2.45) is 5.73 Å². The van der Waals surface area contributed by atoms with Crippen LogP contribution in [-0.2, 0) is 5.41 Å². The van der Waals surface area contributed by atoms with Crippen LogP contribution in [0.4, 0.5) is 0 Å². The molecule has 0 aliphatic carbocycles. The van der Waals surface area contributed by atoms with Gasteiger partial charge in [-0.2, -0.15) is 5.10 Å². The van der Waals surface area contributed by atoms with Crippen molar-refractivity contribution < 1.29 is 0 Å². The SMILES string of the molecule is Cc1ccc(-n2ccc(C(C)(C)CN)n2)cc1C. The fourth-order valence-corrected chi connectivity index (χ4v) is 1.80. The van der Waals surface area contributed by atoms with Gasteiger partial charge in [0.25, 0.3) is 0 Å². The molecule has 18 heavy (non-hydrogen) atoms. The van der Waals surface area contributed by atoms with Gasteiger partial charge in [-0.25, -0.2) is 4.68 Å². The lowest BCUT2D eigenvalue weighted by molar-refractivity contribution is 0.516. The van der Waals surface area contributed by atoms with Crippen LogP contribution in [0.5, 0.6) is 0 Å². The average Bonchev–Trinajstić information content (AvgIpc) is 2.83. The Balaban J connectivity index is 2.38. The van der Waals surface area contributed by atoms with E-state index in [9.17, 15) is 0 Å². The molecule has 0 fully saturated rings. The fourth-order valence-electron chi connectivity index (χ4n) is 1.80. The number of hydrogen-bond donors (Lipinski definition) is 1. The van der Waals surface area contributed by atoms with E-state index >= 15 is 0 Å². The van der Waals surface area contributed by atoms with E-state index in [1.54, 1.807) is 0 Å². The van der Waals surface area contributed by atoms with Crippen molar-refractivity contribution in [1.29, 1.82) is 0 Å². The minimum Gasteiger partial charge on any atom is -0.330 e. The van der Waals surface area contributed by atoms with Gasteiger partial charge in [0.1, 0.15) is 0 Å². The van der Waals surface area contributed by atoms with Crippen LogP contribution in [0.25, 0.3) is 5.69 Å². The number of rotatable bonds is 3. The molecule has 0 saturated carbocycles. The zero-order valence-electron chi connectivity index (χ0n) is 11.6. The van der Waals surface area contributed by atoms with Gasteiger partial charge in [0, 0.05) is 18.2 Å². The lowest BCUT2D eigenvalue weighted by Gasteiger charge is -2.19. The molecule has 0 atom stereocenters. The Morgan fingerprint density at radius 3 is 2.50 bits per heavy atom. The Bertz CT molecular complexity index is 553. The largest absolute Gasteiger partial charge is 0.330 e. The van der Waals surface area contributed by atoms with E-state index in [1.165, 1.54) is 11.1 Å². The van der Waals surface area contributed by atoms with Gasteiger partial charge in [0.2, 0.25) is 0 Å². The average molecular weight is 243 g/mol. The number of nitrogens with two attached hydrogens (primary N) is 1. The normalized spacial score (nSPS) is 11.8. The van der Waals surface area contributed by atoms with Gasteiger partial charge in [0.15, 0.2) is 0 Å². The number of hydrogen-bond acceptors (Lipinski definition) is 2. The zero-order chi connectivity index (χ0) is 13.3. The van der Waals surface area contributed by atoms with Gasteiger partial charge in [0.05, 0.1) is 11.4 Å². The summed E-state index contributed by atoms with van der Waals surface area (Å²) in [5.41, 5.74) is 10.4. The molecule has 0 amide bonds. The van der Waals surface area contributed by atoms with E-state index in [2.05, 4.69) is 51.0 Å². The molecule has 3 heteroatoms. The fraction of sp³-hybridized carbons (Fsp3) is 0.400. The quantitative estimate of drug-likeness (QED) is 0.900. The second kappa shape index (κ2) is 4.58. The molecule has 96 valence electrons. The molecule has 0 aliphatic rings. The van der Waals surface area contributed by atoms with Crippen molar-refractivity contribution in [2.75, 3.05) is 6.54 Å². The molecule has 0 saturated heterocycles. The summed E-state index contributed by atoms with van der Waals surface area (Å²) in [5.74, 6) is 0. The van der Waals surface area contributed by atoms with Crippen molar-refractivity contribution in [3.05, 3.63) is 47.3 Å². The number of aryl methyl sites for hydroxylation is 2. The highest BCUT2D eigenvalue weighted by Gasteiger charge is 2.21. The Morgan fingerprint density at radius 2 is 1.89 bits per heavy atom. The molecule has 2 aromatic rings. The van der Waals surface area contributed by atoms with Gasteiger partial charge < -0.3 is 5.73 Å². The van der Waals surface area contributed by atoms with Gasteiger partial charge in [-0.1, -0.05) is 19.9 Å². The van der Waals surface area contributed by atoms with Crippen LogP contribution < -0.4 is 5.73 Å². The lowest BCUT2D eigenvalue weighted by Crippen LogP contribution is -2.28. The summed E-state index contributed by atoms with van der Waals surface area (Å²) < 4.78 is 1.92. The summed E-state index contributed by atoms with van der Waals surface area (Å²) in [6, 6.07) is 8.41. The minimum absolute atomic E-state index is 0.0784. The maximum absolute atomic E-state index is 5.78. The molecule has 2 rings (SSSR count). The highest BCUT2D eigenvalue weighted by Crippen LogP contribution is 2.21. The van der Waals surface area contributed by atoms with E-state index in [4.69, 9.17) is 5.73 Å². The molecule has 1 aromatic carbocycles. The van der Waals surface area contributed by atoms with Gasteiger partial charge >= 0.3 is 0 Å². The van der Waals surface area contributed by atoms with Gasteiger partial charge in [-0.3, -0.25) is 0 Å². The molecular formula is C15H21N3. The minimum atomic E-state index is -0.0784. The summed E-state index contributed by atoms with van der Waals surface area (Å²) in [4.78, 5) is 0. The number of nitrogens with zero attached hydrogens (tertiary/aromatic N) is 2. The van der Waals surface area contributed by atoms with E-state index in [0.717, 1.165) is 11.4 Å². The Labute approximate surface area is 109 Å². The molecule has 3 nitrogen and oxygen atoms in total. The Kier molecular flexibility index (Phi) is 3.26. The van der Waals surface area contributed by atoms with Crippen LogP contribution in [-0.4, -0.2) is 16.3 Å². The van der Waals surface area contributed by atoms with Crippen LogP contribution in [0.15, 0.2) is 30.5 Å². The maximum Gasteiger partial charge on any atom is 0.0697 e. The molecule has 0 bridgehead atoms. The predicted molar refractivity (Wildman–Crippen MR) is 75.1 cm³/mol. The van der Waals surface area contributed by atoms with Crippen molar-refractivity contribution >= 4 is 0 Å². The smallest absolute Gasteiger partial charge is 0.0697 e. The van der Waals surface area contributed by atoms with Crippen molar-refractivity contribution in [3.63, 3.8) is 0 Å². The molecule has 1 aromatic heterocycles. The highest BCUT2D eigenvalue weighted by molar-refractivity contribution is 5.39. The monoisotopic (exact) mass is 243 g/mol. The molecule has 0 radical (unpaired) electrons. The van der Waals surface area contributed by atoms with E-state index in [-0.39, 0.29) is 5.41 Å². The second-order valence-electron chi connectivity index (χ2n) is 5.50.